The lowest BCUT2D eigenvalue weighted by Crippen LogP contribution is -2.52. The van der Waals surface area contributed by atoms with Crippen molar-refractivity contribution in [2.24, 2.45) is 0 Å². The van der Waals surface area contributed by atoms with E-state index < -0.39 is 0 Å². The number of hydrazine groups is 1. The van der Waals surface area contributed by atoms with Gasteiger partial charge in [0.2, 0.25) is 5.91 Å². The molecule has 0 aliphatic carbocycles. The van der Waals surface area contributed by atoms with E-state index in [1.807, 2.05) is 7.05 Å². The maximum Gasteiger partial charge on any atom is 0.240 e. The molecule has 5 nitrogen and oxygen atoms in total. The van der Waals surface area contributed by atoms with E-state index in [9.17, 15) is 4.79 Å². The maximum atomic E-state index is 11.6. The molecule has 0 aromatic heterocycles. The molecule has 14 heavy (non-hydrogen) atoms. The quantitative estimate of drug-likeness (QED) is 0.623. The summed E-state index contributed by atoms with van der Waals surface area (Å²) in [6, 6.07) is -0.0156. The summed E-state index contributed by atoms with van der Waals surface area (Å²) in [6.45, 7) is 4.11. The van der Waals surface area contributed by atoms with Gasteiger partial charge in [-0.05, 0) is 6.42 Å². The molecule has 1 unspecified atom stereocenters. The van der Waals surface area contributed by atoms with Crippen LogP contribution in [0.5, 0.6) is 0 Å². The molecular weight excluding hydrogens is 182 g/mol. The van der Waals surface area contributed by atoms with E-state index in [0.717, 1.165) is 39.3 Å². The number of carbonyl (C=O) groups excluding carboxylic acids is 1. The summed E-state index contributed by atoms with van der Waals surface area (Å²) in [5.41, 5.74) is 3.26. The average molecular weight is 199 g/mol. The zero-order valence-electron chi connectivity index (χ0n) is 8.53. The fourth-order valence-corrected chi connectivity index (χ4v) is 1.86. The first-order chi connectivity index (χ1) is 6.77. The molecule has 2 heterocycles. The largest absolute Gasteiger partial charge is 0.379 e. The summed E-state index contributed by atoms with van der Waals surface area (Å²) in [4.78, 5) is 13.4. The number of rotatable bonds is 2. The van der Waals surface area contributed by atoms with Gasteiger partial charge in [-0.15, -0.1) is 0 Å². The molecule has 1 amide bonds. The van der Waals surface area contributed by atoms with Crippen LogP contribution < -0.4 is 5.43 Å². The highest BCUT2D eigenvalue weighted by Crippen LogP contribution is 2.09. The normalized spacial score (nSPS) is 29.9. The van der Waals surface area contributed by atoms with E-state index in [4.69, 9.17) is 4.74 Å². The summed E-state index contributed by atoms with van der Waals surface area (Å²) >= 11 is 0. The van der Waals surface area contributed by atoms with Crippen LogP contribution >= 0.6 is 0 Å². The van der Waals surface area contributed by atoms with Gasteiger partial charge < -0.3 is 9.64 Å². The standard InChI is InChI=1S/C9H17N3O2/c1-11-3-2-8(9(11)13)10-12-4-6-14-7-5-12/h8,10H,2-7H2,1H3. The monoisotopic (exact) mass is 199 g/mol. The lowest BCUT2D eigenvalue weighted by atomic mass is 10.3. The molecule has 0 radical (unpaired) electrons. The Morgan fingerprint density at radius 1 is 1.36 bits per heavy atom. The fourth-order valence-electron chi connectivity index (χ4n) is 1.86. The van der Waals surface area contributed by atoms with Crippen LogP contribution in [0.4, 0.5) is 0 Å². The number of likely N-dealkylation sites (N-methyl/N-ethyl adjacent to an activating group) is 1. The van der Waals surface area contributed by atoms with Gasteiger partial charge in [-0.2, -0.15) is 0 Å². The van der Waals surface area contributed by atoms with Gasteiger partial charge in [0.05, 0.1) is 13.2 Å². The van der Waals surface area contributed by atoms with Crippen molar-refractivity contribution in [3.05, 3.63) is 0 Å². The minimum Gasteiger partial charge on any atom is -0.379 e. The molecule has 0 aromatic rings. The number of morpholine rings is 1. The summed E-state index contributed by atoms with van der Waals surface area (Å²) in [7, 11) is 1.85. The number of ether oxygens (including phenoxy) is 1. The van der Waals surface area contributed by atoms with E-state index in [2.05, 4.69) is 10.4 Å². The Bertz CT molecular complexity index is 216. The molecule has 2 saturated heterocycles. The molecule has 1 N–H and O–H groups in total. The van der Waals surface area contributed by atoms with Gasteiger partial charge in [0.1, 0.15) is 6.04 Å². The maximum absolute atomic E-state index is 11.6. The fraction of sp³-hybridized carbons (Fsp3) is 0.889. The SMILES string of the molecule is CN1CCC(NN2CCOCC2)C1=O. The highest BCUT2D eigenvalue weighted by molar-refractivity contribution is 5.83. The van der Waals surface area contributed by atoms with E-state index in [1.165, 1.54) is 0 Å². The Labute approximate surface area is 84.0 Å². The van der Waals surface area contributed by atoms with Gasteiger partial charge in [0.25, 0.3) is 0 Å². The van der Waals surface area contributed by atoms with Gasteiger partial charge in [0.15, 0.2) is 0 Å². The van der Waals surface area contributed by atoms with Crippen molar-refractivity contribution in [2.45, 2.75) is 12.5 Å². The Morgan fingerprint density at radius 3 is 2.64 bits per heavy atom. The van der Waals surface area contributed by atoms with Crippen LogP contribution in [0.2, 0.25) is 0 Å². The molecule has 0 aromatic carbocycles. The first kappa shape index (κ1) is 9.89. The number of amides is 1. The highest BCUT2D eigenvalue weighted by Gasteiger charge is 2.30. The molecular formula is C9H17N3O2. The third-order valence-corrected chi connectivity index (χ3v) is 2.78. The van der Waals surface area contributed by atoms with Gasteiger partial charge in [0, 0.05) is 26.7 Å². The molecule has 2 fully saturated rings. The third kappa shape index (κ3) is 2.05. The van der Waals surface area contributed by atoms with Crippen LogP contribution in [-0.2, 0) is 9.53 Å². The van der Waals surface area contributed by atoms with Crippen molar-refractivity contribution < 1.29 is 9.53 Å². The van der Waals surface area contributed by atoms with E-state index >= 15 is 0 Å². The lowest BCUT2D eigenvalue weighted by Gasteiger charge is -2.29. The minimum absolute atomic E-state index is 0.0156. The van der Waals surface area contributed by atoms with E-state index in [1.54, 1.807) is 4.90 Å². The van der Waals surface area contributed by atoms with Crippen LogP contribution in [0, 0.1) is 0 Å². The molecule has 0 bridgehead atoms. The lowest BCUT2D eigenvalue weighted by molar-refractivity contribution is -0.130. The number of likely N-dealkylation sites (tertiary alicyclic amines) is 1. The number of nitrogens with one attached hydrogen (secondary N) is 1. The van der Waals surface area contributed by atoms with E-state index in [0.29, 0.717) is 0 Å². The van der Waals surface area contributed by atoms with Crippen LogP contribution in [0.3, 0.4) is 0 Å². The minimum atomic E-state index is -0.0156. The van der Waals surface area contributed by atoms with Crippen molar-refractivity contribution in [1.29, 1.82) is 0 Å². The Kier molecular flexibility index (Phi) is 3.00. The van der Waals surface area contributed by atoms with E-state index in [-0.39, 0.29) is 11.9 Å². The van der Waals surface area contributed by atoms with Crippen LogP contribution in [0.25, 0.3) is 0 Å². The second kappa shape index (κ2) is 4.25. The molecule has 80 valence electrons. The van der Waals surface area contributed by atoms with Crippen LogP contribution in [-0.4, -0.2) is 61.8 Å². The summed E-state index contributed by atoms with van der Waals surface area (Å²) in [5.74, 6) is 0.205. The van der Waals surface area contributed by atoms with Crippen molar-refractivity contribution >= 4 is 5.91 Å². The number of nitrogens with zero attached hydrogens (tertiary/aromatic N) is 2. The first-order valence-electron chi connectivity index (χ1n) is 5.11. The van der Waals surface area contributed by atoms with Gasteiger partial charge in [-0.3, -0.25) is 4.79 Å². The smallest absolute Gasteiger partial charge is 0.240 e. The molecule has 2 aliphatic rings. The third-order valence-electron chi connectivity index (χ3n) is 2.78. The van der Waals surface area contributed by atoms with Crippen molar-refractivity contribution in [3.63, 3.8) is 0 Å². The summed E-state index contributed by atoms with van der Waals surface area (Å²) < 4.78 is 5.24. The second-order valence-electron chi connectivity index (χ2n) is 3.83. The second-order valence-corrected chi connectivity index (χ2v) is 3.83. The molecule has 0 spiro atoms. The Morgan fingerprint density at radius 2 is 2.07 bits per heavy atom. The average Bonchev–Trinajstić information content (AvgIpc) is 2.52. The number of hydrogen-bond acceptors (Lipinski definition) is 4. The Balaban J connectivity index is 1.82. The highest BCUT2D eigenvalue weighted by atomic mass is 16.5. The zero-order valence-corrected chi connectivity index (χ0v) is 8.53. The van der Waals surface area contributed by atoms with Crippen LogP contribution in [0.1, 0.15) is 6.42 Å². The number of hydrogen-bond donors (Lipinski definition) is 1. The molecule has 0 saturated carbocycles. The molecule has 5 heteroatoms. The summed E-state index contributed by atoms with van der Waals surface area (Å²) in [6.07, 6.45) is 0.909. The van der Waals surface area contributed by atoms with Crippen molar-refractivity contribution in [3.8, 4) is 0 Å². The molecule has 1 atom stereocenters. The molecule has 2 rings (SSSR count). The topological polar surface area (TPSA) is 44.8 Å². The predicted octanol–water partition coefficient (Wildman–Crippen LogP) is -0.946. The van der Waals surface area contributed by atoms with Gasteiger partial charge in [-0.25, -0.2) is 10.4 Å². The van der Waals surface area contributed by atoms with Gasteiger partial charge >= 0.3 is 0 Å². The first-order valence-corrected chi connectivity index (χ1v) is 5.11. The molecule has 2 aliphatic heterocycles. The van der Waals surface area contributed by atoms with Crippen LogP contribution in [0.15, 0.2) is 0 Å². The zero-order chi connectivity index (χ0) is 9.97. The van der Waals surface area contributed by atoms with Crippen molar-refractivity contribution in [2.75, 3.05) is 39.9 Å². The summed E-state index contributed by atoms with van der Waals surface area (Å²) in [5, 5.41) is 2.09. The predicted molar refractivity (Wildman–Crippen MR) is 51.6 cm³/mol. The number of carbonyl (C=O) groups is 1. The van der Waals surface area contributed by atoms with Crippen molar-refractivity contribution in [1.82, 2.24) is 15.3 Å². The Hall–Kier alpha value is -0.650. The van der Waals surface area contributed by atoms with Gasteiger partial charge in [-0.1, -0.05) is 0 Å².